The second-order valence-electron chi connectivity index (χ2n) is 3.85. The smallest absolute Gasteiger partial charge is 0.306 e. The summed E-state index contributed by atoms with van der Waals surface area (Å²) in [5, 5.41) is 9.29. The Morgan fingerprint density at radius 1 is 1.50 bits per heavy atom. The fraction of sp³-hybridized carbons (Fsp3) is 0.889. The first kappa shape index (κ1) is 11.4. The van der Waals surface area contributed by atoms with Crippen molar-refractivity contribution in [3.05, 3.63) is 0 Å². The van der Waals surface area contributed by atoms with E-state index in [1.165, 1.54) is 0 Å². The van der Waals surface area contributed by atoms with Crippen molar-refractivity contribution in [2.45, 2.75) is 52.2 Å². The minimum absolute atomic E-state index is 0.0701. The molecule has 3 heteroatoms. The molecule has 1 N–H and O–H groups in total. The molecule has 12 heavy (non-hydrogen) atoms. The number of carbonyl (C=O) groups excluding carboxylic acids is 1. The fourth-order valence-corrected chi connectivity index (χ4v) is 0.730. The molecule has 0 aliphatic rings. The van der Waals surface area contributed by atoms with Crippen molar-refractivity contribution in [2.24, 2.45) is 0 Å². The summed E-state index contributed by atoms with van der Waals surface area (Å²) in [5.41, 5.74) is -0.782. The molecule has 0 aromatic heterocycles. The molecule has 0 saturated heterocycles. The van der Waals surface area contributed by atoms with Gasteiger partial charge in [-0.15, -0.1) is 0 Å². The topological polar surface area (TPSA) is 46.5 Å². The van der Waals surface area contributed by atoms with Gasteiger partial charge in [0.25, 0.3) is 0 Å². The Morgan fingerprint density at radius 2 is 2.00 bits per heavy atom. The van der Waals surface area contributed by atoms with Gasteiger partial charge < -0.3 is 9.84 Å². The molecule has 0 rings (SSSR count). The first-order valence-corrected chi connectivity index (χ1v) is 4.23. The van der Waals surface area contributed by atoms with Crippen LogP contribution in [0.15, 0.2) is 0 Å². The lowest BCUT2D eigenvalue weighted by Crippen LogP contribution is -2.21. The number of carbonyl (C=O) groups is 1. The van der Waals surface area contributed by atoms with Crippen LogP contribution in [-0.2, 0) is 9.53 Å². The van der Waals surface area contributed by atoms with Crippen LogP contribution >= 0.6 is 0 Å². The Bertz CT molecular complexity index is 144. The standard InChI is InChI=1S/C9H18O3/c1-7(2)12-8(10)5-6-9(3,4)11/h7,11H,5-6H2,1-4H3. The van der Waals surface area contributed by atoms with Gasteiger partial charge >= 0.3 is 5.97 Å². The van der Waals surface area contributed by atoms with E-state index >= 15 is 0 Å². The van der Waals surface area contributed by atoms with Crippen LogP contribution in [0, 0.1) is 0 Å². The molecular weight excluding hydrogens is 156 g/mol. The molecule has 0 aromatic rings. The van der Waals surface area contributed by atoms with Gasteiger partial charge in [-0.1, -0.05) is 0 Å². The first-order chi connectivity index (χ1) is 5.31. The Labute approximate surface area is 73.7 Å². The maximum Gasteiger partial charge on any atom is 0.306 e. The van der Waals surface area contributed by atoms with E-state index in [0.29, 0.717) is 6.42 Å². The highest BCUT2D eigenvalue weighted by atomic mass is 16.5. The van der Waals surface area contributed by atoms with Gasteiger partial charge in [0.1, 0.15) is 0 Å². The Hall–Kier alpha value is -0.570. The van der Waals surface area contributed by atoms with Crippen molar-refractivity contribution >= 4 is 5.97 Å². The lowest BCUT2D eigenvalue weighted by Gasteiger charge is -2.16. The number of hydrogen-bond acceptors (Lipinski definition) is 3. The van der Waals surface area contributed by atoms with Crippen molar-refractivity contribution < 1.29 is 14.6 Å². The highest BCUT2D eigenvalue weighted by molar-refractivity contribution is 5.69. The van der Waals surface area contributed by atoms with Crippen molar-refractivity contribution in [2.75, 3.05) is 0 Å². The van der Waals surface area contributed by atoms with Gasteiger partial charge in [-0.2, -0.15) is 0 Å². The van der Waals surface area contributed by atoms with Crippen LogP contribution in [-0.4, -0.2) is 22.8 Å². The van der Waals surface area contributed by atoms with Gasteiger partial charge in [-0.25, -0.2) is 0 Å². The van der Waals surface area contributed by atoms with Crippen LogP contribution in [0.4, 0.5) is 0 Å². The molecule has 0 radical (unpaired) electrons. The molecule has 0 aliphatic carbocycles. The predicted molar refractivity (Wildman–Crippen MR) is 46.8 cm³/mol. The fourth-order valence-electron chi connectivity index (χ4n) is 0.730. The summed E-state index contributed by atoms with van der Waals surface area (Å²) in [5.74, 6) is -0.243. The molecule has 0 amide bonds. The minimum Gasteiger partial charge on any atom is -0.463 e. The molecular formula is C9H18O3. The summed E-state index contributed by atoms with van der Waals surface area (Å²) in [6.45, 7) is 6.97. The van der Waals surface area contributed by atoms with Crippen molar-refractivity contribution in [3.8, 4) is 0 Å². The van der Waals surface area contributed by atoms with Gasteiger partial charge in [0.2, 0.25) is 0 Å². The average Bonchev–Trinajstić information content (AvgIpc) is 1.80. The number of rotatable bonds is 4. The van der Waals surface area contributed by atoms with E-state index < -0.39 is 5.60 Å². The highest BCUT2D eigenvalue weighted by Gasteiger charge is 2.15. The molecule has 0 spiro atoms. The molecule has 0 atom stereocenters. The molecule has 0 heterocycles. The second kappa shape index (κ2) is 4.45. The lowest BCUT2D eigenvalue weighted by molar-refractivity contribution is -0.148. The van der Waals surface area contributed by atoms with E-state index in [9.17, 15) is 9.90 Å². The van der Waals surface area contributed by atoms with E-state index in [1.54, 1.807) is 13.8 Å². The monoisotopic (exact) mass is 174 g/mol. The third kappa shape index (κ3) is 7.54. The van der Waals surface area contributed by atoms with Gasteiger partial charge in [0, 0.05) is 6.42 Å². The third-order valence-corrected chi connectivity index (χ3v) is 1.31. The highest BCUT2D eigenvalue weighted by Crippen LogP contribution is 2.10. The molecule has 72 valence electrons. The van der Waals surface area contributed by atoms with Crippen molar-refractivity contribution in [3.63, 3.8) is 0 Å². The quantitative estimate of drug-likeness (QED) is 0.657. The van der Waals surface area contributed by atoms with Crippen LogP contribution in [0.25, 0.3) is 0 Å². The number of hydrogen-bond donors (Lipinski definition) is 1. The summed E-state index contributed by atoms with van der Waals surface area (Å²) in [6.07, 6.45) is 0.652. The Balaban J connectivity index is 3.58. The molecule has 0 unspecified atom stereocenters. The number of aliphatic hydroxyl groups is 1. The minimum atomic E-state index is -0.782. The largest absolute Gasteiger partial charge is 0.463 e. The van der Waals surface area contributed by atoms with Crippen molar-refractivity contribution in [1.82, 2.24) is 0 Å². The van der Waals surface area contributed by atoms with E-state index in [-0.39, 0.29) is 18.5 Å². The molecule has 0 fully saturated rings. The Kier molecular flexibility index (Phi) is 4.24. The predicted octanol–water partition coefficient (Wildman–Crippen LogP) is 1.49. The summed E-state index contributed by atoms with van der Waals surface area (Å²) in [4.78, 5) is 11.0. The van der Waals surface area contributed by atoms with Crippen LogP contribution < -0.4 is 0 Å². The average molecular weight is 174 g/mol. The number of ether oxygens (including phenoxy) is 1. The van der Waals surface area contributed by atoms with Crippen LogP contribution in [0.5, 0.6) is 0 Å². The normalized spacial score (nSPS) is 11.8. The third-order valence-electron chi connectivity index (χ3n) is 1.31. The Morgan fingerprint density at radius 3 is 2.33 bits per heavy atom. The summed E-state index contributed by atoms with van der Waals surface area (Å²) in [6, 6.07) is 0. The van der Waals surface area contributed by atoms with Crippen LogP contribution in [0.2, 0.25) is 0 Å². The maximum absolute atomic E-state index is 11.0. The second-order valence-corrected chi connectivity index (χ2v) is 3.85. The zero-order valence-electron chi connectivity index (χ0n) is 8.26. The zero-order valence-corrected chi connectivity index (χ0v) is 8.26. The molecule has 0 bridgehead atoms. The van der Waals surface area contributed by atoms with Crippen molar-refractivity contribution in [1.29, 1.82) is 0 Å². The van der Waals surface area contributed by atoms with E-state index in [2.05, 4.69) is 0 Å². The van der Waals surface area contributed by atoms with E-state index in [0.717, 1.165) is 0 Å². The summed E-state index contributed by atoms with van der Waals surface area (Å²) in [7, 11) is 0. The van der Waals surface area contributed by atoms with Crippen LogP contribution in [0.1, 0.15) is 40.5 Å². The molecule has 3 nitrogen and oxygen atoms in total. The lowest BCUT2D eigenvalue weighted by atomic mass is 10.0. The van der Waals surface area contributed by atoms with Gasteiger partial charge in [0.05, 0.1) is 11.7 Å². The van der Waals surface area contributed by atoms with Gasteiger partial charge in [-0.3, -0.25) is 4.79 Å². The van der Waals surface area contributed by atoms with Gasteiger partial charge in [-0.05, 0) is 34.1 Å². The van der Waals surface area contributed by atoms with Gasteiger partial charge in [0.15, 0.2) is 0 Å². The zero-order chi connectivity index (χ0) is 9.78. The first-order valence-electron chi connectivity index (χ1n) is 4.23. The summed E-state index contributed by atoms with van der Waals surface area (Å²) < 4.78 is 4.90. The maximum atomic E-state index is 11.0. The summed E-state index contributed by atoms with van der Waals surface area (Å²) >= 11 is 0. The van der Waals surface area contributed by atoms with E-state index in [1.807, 2.05) is 13.8 Å². The van der Waals surface area contributed by atoms with E-state index in [4.69, 9.17) is 4.74 Å². The SMILES string of the molecule is CC(C)OC(=O)CCC(C)(C)O. The molecule has 0 aromatic carbocycles. The molecule has 0 saturated carbocycles. The number of esters is 1. The molecule has 0 aliphatic heterocycles. The van der Waals surface area contributed by atoms with Crippen LogP contribution in [0.3, 0.4) is 0 Å².